The molecule has 1 aromatic heterocycles. The van der Waals surface area contributed by atoms with Crippen molar-refractivity contribution in [1.29, 1.82) is 0 Å². The van der Waals surface area contributed by atoms with Crippen molar-refractivity contribution >= 4 is 5.97 Å². The van der Waals surface area contributed by atoms with Gasteiger partial charge >= 0.3 is 5.97 Å². The molecule has 0 fully saturated rings. The average Bonchev–Trinajstić information content (AvgIpc) is 2.79. The van der Waals surface area contributed by atoms with E-state index in [1.165, 1.54) is 23.1 Å². The molecule has 0 bridgehead atoms. The summed E-state index contributed by atoms with van der Waals surface area (Å²) in [6, 6.07) is 9.77. The quantitative estimate of drug-likeness (QED) is 0.896. The molecule has 0 atom stereocenters. The lowest BCUT2D eigenvalue weighted by atomic mass is 10.0. The summed E-state index contributed by atoms with van der Waals surface area (Å²) in [5, 5.41) is 13.2. The monoisotopic (exact) mass is 258 g/mol. The molecule has 0 unspecified atom stereocenters. The highest BCUT2D eigenvalue weighted by molar-refractivity contribution is 5.87. The Morgan fingerprint density at radius 1 is 1.32 bits per heavy atom. The first kappa shape index (κ1) is 13.3. The predicted octanol–water partition coefficient (Wildman–Crippen LogP) is 3.13. The largest absolute Gasteiger partial charge is 0.477 e. The Morgan fingerprint density at radius 2 is 2.00 bits per heavy atom. The van der Waals surface area contributed by atoms with E-state index in [2.05, 4.69) is 24.2 Å². The molecular weight excluding hydrogens is 240 g/mol. The Kier molecular flexibility index (Phi) is 4.00. The van der Waals surface area contributed by atoms with Gasteiger partial charge < -0.3 is 5.11 Å². The highest BCUT2D eigenvalue weighted by Gasteiger charge is 2.12. The molecule has 0 saturated heterocycles. The second kappa shape index (κ2) is 5.69. The zero-order chi connectivity index (χ0) is 13.8. The van der Waals surface area contributed by atoms with Crippen LogP contribution in [0.25, 0.3) is 11.3 Å². The van der Waals surface area contributed by atoms with Crippen molar-refractivity contribution in [1.82, 2.24) is 9.78 Å². The summed E-state index contributed by atoms with van der Waals surface area (Å²) in [5.74, 6) is -0.958. The molecule has 4 nitrogen and oxygen atoms in total. The van der Waals surface area contributed by atoms with Gasteiger partial charge in [0.05, 0.1) is 5.69 Å². The number of aromatic carboxylic acids is 1. The number of hydrogen-bond acceptors (Lipinski definition) is 2. The first-order chi connectivity index (χ1) is 9.11. The molecule has 0 radical (unpaired) electrons. The summed E-state index contributed by atoms with van der Waals surface area (Å²) < 4.78 is 1.39. The molecule has 0 aliphatic heterocycles. The Bertz CT molecular complexity index is 570. The van der Waals surface area contributed by atoms with Crippen molar-refractivity contribution in [3.05, 3.63) is 41.6 Å². The topological polar surface area (TPSA) is 55.1 Å². The number of carboxylic acids is 1. The van der Waals surface area contributed by atoms with Gasteiger partial charge in [0.1, 0.15) is 5.69 Å². The SMILES string of the molecule is CCCCc1ccc(-c2cc(C(=O)O)n(C)n2)cc1. The van der Waals surface area contributed by atoms with Gasteiger partial charge in [0.2, 0.25) is 0 Å². The molecule has 2 rings (SSSR count). The van der Waals surface area contributed by atoms with Gasteiger partial charge in [-0.3, -0.25) is 4.68 Å². The highest BCUT2D eigenvalue weighted by Crippen LogP contribution is 2.20. The predicted molar refractivity (Wildman–Crippen MR) is 74.2 cm³/mol. The van der Waals surface area contributed by atoms with Crippen LogP contribution in [0.4, 0.5) is 0 Å². The fourth-order valence-corrected chi connectivity index (χ4v) is 2.03. The maximum Gasteiger partial charge on any atom is 0.354 e. The fourth-order valence-electron chi connectivity index (χ4n) is 2.03. The number of aryl methyl sites for hydroxylation is 2. The molecule has 0 amide bonds. The van der Waals surface area contributed by atoms with Crippen molar-refractivity contribution in [2.45, 2.75) is 26.2 Å². The normalized spacial score (nSPS) is 10.6. The van der Waals surface area contributed by atoms with Crippen molar-refractivity contribution in [3.63, 3.8) is 0 Å². The van der Waals surface area contributed by atoms with Gasteiger partial charge in [0.25, 0.3) is 0 Å². The minimum atomic E-state index is -0.958. The van der Waals surface area contributed by atoms with Gasteiger partial charge in [0.15, 0.2) is 0 Å². The van der Waals surface area contributed by atoms with Crippen LogP contribution < -0.4 is 0 Å². The van der Waals surface area contributed by atoms with Crippen molar-refractivity contribution in [2.75, 3.05) is 0 Å². The van der Waals surface area contributed by atoms with E-state index in [9.17, 15) is 4.79 Å². The lowest BCUT2D eigenvalue weighted by Gasteiger charge is -2.01. The minimum absolute atomic E-state index is 0.199. The second-order valence-electron chi connectivity index (χ2n) is 4.64. The van der Waals surface area contributed by atoms with Gasteiger partial charge in [-0.05, 0) is 24.5 Å². The summed E-state index contributed by atoms with van der Waals surface area (Å²) >= 11 is 0. The molecule has 0 aliphatic carbocycles. The minimum Gasteiger partial charge on any atom is -0.477 e. The van der Waals surface area contributed by atoms with E-state index in [0.29, 0.717) is 5.69 Å². The number of aromatic nitrogens is 2. The van der Waals surface area contributed by atoms with Crippen molar-refractivity contribution in [3.8, 4) is 11.3 Å². The summed E-state index contributed by atoms with van der Waals surface area (Å²) in [6.07, 6.45) is 3.45. The van der Waals surface area contributed by atoms with Gasteiger partial charge in [-0.15, -0.1) is 0 Å². The van der Waals surface area contributed by atoms with Gasteiger partial charge in [-0.1, -0.05) is 37.6 Å². The summed E-state index contributed by atoms with van der Waals surface area (Å²) in [7, 11) is 1.64. The van der Waals surface area contributed by atoms with Crippen molar-refractivity contribution in [2.24, 2.45) is 7.05 Å². The zero-order valence-corrected chi connectivity index (χ0v) is 11.3. The Hall–Kier alpha value is -2.10. The van der Waals surface area contributed by atoms with Crippen LogP contribution in [0.1, 0.15) is 35.8 Å². The number of carbonyl (C=O) groups is 1. The molecular formula is C15H18N2O2. The zero-order valence-electron chi connectivity index (χ0n) is 11.3. The number of rotatable bonds is 5. The van der Waals surface area contributed by atoms with Crippen LogP contribution in [-0.4, -0.2) is 20.9 Å². The smallest absolute Gasteiger partial charge is 0.354 e. The van der Waals surface area contributed by atoms with Gasteiger partial charge in [0, 0.05) is 12.6 Å². The van der Waals surface area contributed by atoms with E-state index in [-0.39, 0.29) is 5.69 Å². The third-order valence-electron chi connectivity index (χ3n) is 3.17. The van der Waals surface area contributed by atoms with Crippen LogP contribution in [0.15, 0.2) is 30.3 Å². The molecule has 19 heavy (non-hydrogen) atoms. The standard InChI is InChI=1S/C15H18N2O2/c1-3-4-5-11-6-8-12(9-7-11)13-10-14(15(18)19)17(2)16-13/h6-10H,3-5H2,1-2H3,(H,18,19). The molecule has 1 aromatic carbocycles. The third kappa shape index (κ3) is 3.02. The Balaban J connectivity index is 2.22. The number of unbranched alkanes of at least 4 members (excludes halogenated alkanes) is 1. The highest BCUT2D eigenvalue weighted by atomic mass is 16.4. The average molecular weight is 258 g/mol. The van der Waals surface area contributed by atoms with Gasteiger partial charge in [-0.25, -0.2) is 4.79 Å². The van der Waals surface area contributed by atoms with Gasteiger partial charge in [-0.2, -0.15) is 5.10 Å². The van der Waals surface area contributed by atoms with Crippen LogP contribution in [-0.2, 0) is 13.5 Å². The van der Waals surface area contributed by atoms with Crippen LogP contribution in [0.3, 0.4) is 0 Å². The molecule has 0 saturated carbocycles. The first-order valence-corrected chi connectivity index (χ1v) is 6.48. The fraction of sp³-hybridized carbons (Fsp3) is 0.333. The number of benzene rings is 1. The van der Waals surface area contributed by atoms with Crippen LogP contribution in [0.5, 0.6) is 0 Å². The van der Waals surface area contributed by atoms with E-state index in [0.717, 1.165) is 12.0 Å². The van der Waals surface area contributed by atoms with E-state index in [1.807, 2.05) is 12.1 Å². The van der Waals surface area contributed by atoms with E-state index >= 15 is 0 Å². The first-order valence-electron chi connectivity index (χ1n) is 6.48. The van der Waals surface area contributed by atoms with E-state index in [4.69, 9.17) is 5.11 Å². The van der Waals surface area contributed by atoms with Crippen LogP contribution in [0, 0.1) is 0 Å². The third-order valence-corrected chi connectivity index (χ3v) is 3.17. The van der Waals surface area contributed by atoms with E-state index in [1.54, 1.807) is 13.1 Å². The summed E-state index contributed by atoms with van der Waals surface area (Å²) in [4.78, 5) is 11.0. The molecule has 4 heteroatoms. The number of hydrogen-bond donors (Lipinski definition) is 1. The molecule has 1 heterocycles. The van der Waals surface area contributed by atoms with Crippen LogP contribution in [0.2, 0.25) is 0 Å². The second-order valence-corrected chi connectivity index (χ2v) is 4.64. The molecule has 0 spiro atoms. The summed E-state index contributed by atoms with van der Waals surface area (Å²) in [5.41, 5.74) is 3.15. The maximum atomic E-state index is 11.0. The number of nitrogens with zero attached hydrogens (tertiary/aromatic N) is 2. The molecule has 1 N–H and O–H groups in total. The number of carboxylic acid groups (broad SMARTS) is 1. The Morgan fingerprint density at radius 3 is 2.53 bits per heavy atom. The lowest BCUT2D eigenvalue weighted by Crippen LogP contribution is -2.04. The molecule has 100 valence electrons. The maximum absolute atomic E-state index is 11.0. The summed E-state index contributed by atoms with van der Waals surface area (Å²) in [6.45, 7) is 2.18. The van der Waals surface area contributed by atoms with Crippen LogP contribution >= 0.6 is 0 Å². The Labute approximate surface area is 112 Å². The molecule has 2 aromatic rings. The van der Waals surface area contributed by atoms with E-state index < -0.39 is 5.97 Å². The molecule has 0 aliphatic rings. The lowest BCUT2D eigenvalue weighted by molar-refractivity contribution is 0.0685. The van der Waals surface area contributed by atoms with Crippen molar-refractivity contribution < 1.29 is 9.90 Å².